The lowest BCUT2D eigenvalue weighted by Gasteiger charge is -2.07. The van der Waals surface area contributed by atoms with Crippen LogP contribution >= 0.6 is 31.9 Å². The first kappa shape index (κ1) is 16.5. The topological polar surface area (TPSA) is 70.9 Å². The van der Waals surface area contributed by atoms with Crippen LogP contribution in [-0.2, 0) is 0 Å². The normalized spacial score (nSPS) is 10.7. The van der Waals surface area contributed by atoms with Crippen molar-refractivity contribution >= 4 is 44.0 Å². The number of halogens is 2. The van der Waals surface area contributed by atoms with E-state index >= 15 is 0 Å². The number of nitrogens with one attached hydrogen (secondary N) is 1. The molecular formula is C15H12Br2N2O3. The average molecular weight is 428 g/mol. The Bertz CT molecular complexity index is 733. The quantitative estimate of drug-likeness (QED) is 0.577. The van der Waals surface area contributed by atoms with Gasteiger partial charge >= 0.3 is 0 Å². The molecule has 114 valence electrons. The van der Waals surface area contributed by atoms with Crippen molar-refractivity contribution < 1.29 is 14.6 Å². The van der Waals surface area contributed by atoms with E-state index in [-0.39, 0.29) is 5.75 Å². The lowest BCUT2D eigenvalue weighted by Crippen LogP contribution is -2.18. The van der Waals surface area contributed by atoms with E-state index in [1.807, 2.05) is 0 Å². The fourth-order valence-electron chi connectivity index (χ4n) is 1.71. The fraction of sp³-hybridized carbons (Fsp3) is 0.0667. The first-order valence-corrected chi connectivity index (χ1v) is 7.75. The van der Waals surface area contributed by atoms with Crippen molar-refractivity contribution in [2.45, 2.75) is 0 Å². The number of carbonyl (C=O) groups is 1. The van der Waals surface area contributed by atoms with Crippen LogP contribution in [0.1, 0.15) is 15.9 Å². The predicted octanol–water partition coefficient (Wildman–Crippen LogP) is 3.69. The number of aromatic hydroxyl groups is 1. The zero-order valence-electron chi connectivity index (χ0n) is 11.5. The molecular weight excluding hydrogens is 416 g/mol. The highest BCUT2D eigenvalue weighted by Crippen LogP contribution is 2.23. The molecule has 0 unspecified atom stereocenters. The van der Waals surface area contributed by atoms with E-state index in [9.17, 15) is 9.90 Å². The van der Waals surface area contributed by atoms with Crippen LogP contribution in [-0.4, -0.2) is 24.3 Å². The number of benzene rings is 2. The molecule has 0 aliphatic rings. The number of rotatable bonds is 4. The van der Waals surface area contributed by atoms with Crippen LogP contribution in [0.2, 0.25) is 0 Å². The average Bonchev–Trinajstić information content (AvgIpc) is 2.50. The number of nitrogens with zero attached hydrogens (tertiary/aromatic N) is 1. The van der Waals surface area contributed by atoms with Gasteiger partial charge in [-0.25, -0.2) is 5.43 Å². The third kappa shape index (κ3) is 4.08. The second-order valence-electron chi connectivity index (χ2n) is 4.25. The van der Waals surface area contributed by atoms with Gasteiger partial charge in [0, 0.05) is 14.5 Å². The molecule has 2 aromatic carbocycles. The van der Waals surface area contributed by atoms with Gasteiger partial charge in [-0.1, -0.05) is 31.9 Å². The summed E-state index contributed by atoms with van der Waals surface area (Å²) in [4.78, 5) is 12.1. The highest BCUT2D eigenvalue weighted by molar-refractivity contribution is 9.10. The van der Waals surface area contributed by atoms with E-state index < -0.39 is 5.91 Å². The zero-order valence-corrected chi connectivity index (χ0v) is 14.7. The second-order valence-corrected chi connectivity index (χ2v) is 6.08. The predicted molar refractivity (Wildman–Crippen MR) is 91.6 cm³/mol. The number of phenols is 1. The molecule has 0 aliphatic heterocycles. The van der Waals surface area contributed by atoms with Gasteiger partial charge in [-0.3, -0.25) is 4.79 Å². The highest BCUT2D eigenvalue weighted by atomic mass is 79.9. The zero-order chi connectivity index (χ0) is 16.1. The lowest BCUT2D eigenvalue weighted by molar-refractivity contribution is 0.0952. The van der Waals surface area contributed by atoms with Crippen molar-refractivity contribution in [2.75, 3.05) is 7.11 Å². The third-order valence-electron chi connectivity index (χ3n) is 2.77. The number of hydrazone groups is 1. The molecule has 0 spiro atoms. The number of amides is 1. The summed E-state index contributed by atoms with van der Waals surface area (Å²) in [7, 11) is 1.49. The summed E-state index contributed by atoms with van der Waals surface area (Å²) in [6.07, 6.45) is 1.36. The van der Waals surface area contributed by atoms with Crippen molar-refractivity contribution in [3.05, 3.63) is 56.5 Å². The maximum atomic E-state index is 12.1. The maximum absolute atomic E-state index is 12.1. The number of carbonyl (C=O) groups excluding carboxylic acids is 1. The van der Waals surface area contributed by atoms with E-state index in [0.29, 0.717) is 16.9 Å². The minimum absolute atomic E-state index is 0.0706. The summed E-state index contributed by atoms with van der Waals surface area (Å²) >= 11 is 6.60. The van der Waals surface area contributed by atoms with Crippen LogP contribution < -0.4 is 10.2 Å². The van der Waals surface area contributed by atoms with Crippen LogP contribution in [0.3, 0.4) is 0 Å². The van der Waals surface area contributed by atoms with Crippen molar-refractivity contribution in [2.24, 2.45) is 5.10 Å². The first-order chi connectivity index (χ1) is 10.5. The van der Waals surface area contributed by atoms with Gasteiger partial charge in [0.2, 0.25) is 0 Å². The number of hydrogen-bond acceptors (Lipinski definition) is 4. The molecule has 0 saturated carbocycles. The maximum Gasteiger partial charge on any atom is 0.275 e. The molecule has 7 heteroatoms. The number of ether oxygens (including phenoxy) is 1. The summed E-state index contributed by atoms with van der Waals surface area (Å²) in [6, 6.07) is 10.0. The van der Waals surface area contributed by atoms with Gasteiger partial charge in [0.25, 0.3) is 5.91 Å². The van der Waals surface area contributed by atoms with E-state index in [1.165, 1.54) is 19.4 Å². The Hall–Kier alpha value is -1.86. The number of phenolic OH excluding ortho intramolecular Hbond substituents is 1. The molecule has 0 aromatic heterocycles. The molecule has 0 heterocycles. The Kier molecular flexibility index (Phi) is 5.57. The standard InChI is InChI=1S/C15H12Br2N2O3/c1-22-14-5-3-11(17)7-12(14)15(21)19-18-8-9-6-10(16)2-4-13(9)20/h2-8,20H,1H3,(H,19,21)/b18-8+. The highest BCUT2D eigenvalue weighted by Gasteiger charge is 2.12. The molecule has 22 heavy (non-hydrogen) atoms. The summed E-state index contributed by atoms with van der Waals surface area (Å²) in [5, 5.41) is 13.5. The molecule has 2 N–H and O–H groups in total. The van der Waals surface area contributed by atoms with Gasteiger partial charge in [0.05, 0.1) is 18.9 Å². The third-order valence-corrected chi connectivity index (χ3v) is 3.75. The van der Waals surface area contributed by atoms with E-state index in [0.717, 1.165) is 8.95 Å². The van der Waals surface area contributed by atoms with Gasteiger partial charge in [0.15, 0.2) is 0 Å². The van der Waals surface area contributed by atoms with Gasteiger partial charge in [0.1, 0.15) is 11.5 Å². The van der Waals surface area contributed by atoms with Gasteiger partial charge in [-0.2, -0.15) is 5.10 Å². The molecule has 0 bridgehead atoms. The summed E-state index contributed by atoms with van der Waals surface area (Å²) in [6.45, 7) is 0. The Morgan fingerprint density at radius 3 is 2.64 bits per heavy atom. The molecule has 0 fully saturated rings. The number of methoxy groups -OCH3 is 1. The monoisotopic (exact) mass is 426 g/mol. The summed E-state index contributed by atoms with van der Waals surface area (Å²) < 4.78 is 6.70. The molecule has 0 saturated heterocycles. The van der Waals surface area contributed by atoms with Crippen molar-refractivity contribution in [1.29, 1.82) is 0 Å². The van der Waals surface area contributed by atoms with E-state index in [2.05, 4.69) is 42.4 Å². The van der Waals surface area contributed by atoms with Crippen LogP contribution in [0.15, 0.2) is 50.4 Å². The van der Waals surface area contributed by atoms with E-state index in [4.69, 9.17) is 4.74 Å². The summed E-state index contributed by atoms with van der Waals surface area (Å²) in [5.41, 5.74) is 3.24. The SMILES string of the molecule is COc1ccc(Br)cc1C(=O)N/N=C/c1cc(Br)ccc1O. The molecule has 1 amide bonds. The smallest absolute Gasteiger partial charge is 0.275 e. The van der Waals surface area contributed by atoms with Crippen molar-refractivity contribution in [1.82, 2.24) is 5.43 Å². The minimum atomic E-state index is -0.413. The van der Waals surface area contributed by atoms with Crippen LogP contribution in [0.4, 0.5) is 0 Å². The fourth-order valence-corrected chi connectivity index (χ4v) is 2.45. The van der Waals surface area contributed by atoms with Crippen LogP contribution in [0.25, 0.3) is 0 Å². The van der Waals surface area contributed by atoms with Crippen LogP contribution in [0.5, 0.6) is 11.5 Å². The summed E-state index contributed by atoms with van der Waals surface area (Å²) in [5.74, 6) is 0.103. The molecule has 2 rings (SSSR count). The Morgan fingerprint density at radius 1 is 1.23 bits per heavy atom. The Labute approximate surface area is 144 Å². The second kappa shape index (κ2) is 7.42. The largest absolute Gasteiger partial charge is 0.507 e. The van der Waals surface area contributed by atoms with Crippen molar-refractivity contribution in [3.8, 4) is 11.5 Å². The minimum Gasteiger partial charge on any atom is -0.507 e. The van der Waals surface area contributed by atoms with E-state index in [1.54, 1.807) is 30.3 Å². The molecule has 0 radical (unpaired) electrons. The molecule has 5 nitrogen and oxygen atoms in total. The molecule has 0 aliphatic carbocycles. The van der Waals surface area contributed by atoms with Crippen LogP contribution in [0, 0.1) is 0 Å². The van der Waals surface area contributed by atoms with Gasteiger partial charge in [-0.05, 0) is 36.4 Å². The first-order valence-electron chi connectivity index (χ1n) is 6.16. The Balaban J connectivity index is 2.14. The lowest BCUT2D eigenvalue weighted by atomic mass is 10.2. The van der Waals surface area contributed by atoms with Crippen molar-refractivity contribution in [3.63, 3.8) is 0 Å². The Morgan fingerprint density at radius 2 is 1.91 bits per heavy atom. The molecule has 2 aromatic rings. The molecule has 0 atom stereocenters. The van der Waals surface area contributed by atoms with Gasteiger partial charge in [-0.15, -0.1) is 0 Å². The number of hydrogen-bond donors (Lipinski definition) is 2. The van der Waals surface area contributed by atoms with Gasteiger partial charge < -0.3 is 9.84 Å².